The zero-order chi connectivity index (χ0) is 12.1. The van der Waals surface area contributed by atoms with E-state index in [0.29, 0.717) is 0 Å². The third kappa shape index (κ3) is 3.29. The van der Waals surface area contributed by atoms with Crippen molar-refractivity contribution in [2.45, 2.75) is 19.5 Å². The van der Waals surface area contributed by atoms with Crippen molar-refractivity contribution < 1.29 is 0 Å². The number of rotatable bonds is 4. The molecule has 0 aliphatic rings. The van der Waals surface area contributed by atoms with Gasteiger partial charge in [0.05, 0.1) is 0 Å². The molecule has 0 fully saturated rings. The van der Waals surface area contributed by atoms with Crippen molar-refractivity contribution >= 4 is 5.69 Å². The van der Waals surface area contributed by atoms with Crippen molar-refractivity contribution in [1.29, 1.82) is 0 Å². The zero-order valence-corrected chi connectivity index (χ0v) is 9.93. The Labute approximate surface area is 102 Å². The van der Waals surface area contributed by atoms with E-state index in [1.807, 2.05) is 19.1 Å². The topological polar surface area (TPSA) is 50.9 Å². The van der Waals surface area contributed by atoms with Gasteiger partial charge in [-0.15, -0.1) is 0 Å². The average molecular weight is 227 g/mol. The van der Waals surface area contributed by atoms with Crippen LogP contribution in [0.25, 0.3) is 0 Å². The summed E-state index contributed by atoms with van der Waals surface area (Å²) in [6.07, 6.45) is 3.56. The van der Waals surface area contributed by atoms with Crippen LogP contribution in [0.1, 0.15) is 24.1 Å². The van der Waals surface area contributed by atoms with Gasteiger partial charge in [-0.25, -0.2) is 0 Å². The molecule has 3 N–H and O–H groups in total. The fourth-order valence-electron chi connectivity index (χ4n) is 1.61. The van der Waals surface area contributed by atoms with Gasteiger partial charge in [0.25, 0.3) is 0 Å². The highest BCUT2D eigenvalue weighted by Gasteiger charge is 1.99. The summed E-state index contributed by atoms with van der Waals surface area (Å²) in [5.41, 5.74) is 9.29. The molecule has 0 bridgehead atoms. The van der Waals surface area contributed by atoms with E-state index < -0.39 is 0 Å². The molecule has 0 saturated carbocycles. The van der Waals surface area contributed by atoms with Gasteiger partial charge in [0.2, 0.25) is 0 Å². The van der Waals surface area contributed by atoms with E-state index in [1.54, 1.807) is 12.4 Å². The molecule has 88 valence electrons. The maximum absolute atomic E-state index is 5.81. The number of pyridine rings is 1. The van der Waals surface area contributed by atoms with Crippen LogP contribution in [-0.4, -0.2) is 4.98 Å². The molecule has 0 aliphatic heterocycles. The van der Waals surface area contributed by atoms with Gasteiger partial charge in [-0.2, -0.15) is 0 Å². The van der Waals surface area contributed by atoms with E-state index >= 15 is 0 Å². The van der Waals surface area contributed by atoms with Crippen molar-refractivity contribution in [2.24, 2.45) is 5.73 Å². The Bertz CT molecular complexity index is 449. The van der Waals surface area contributed by atoms with Crippen LogP contribution in [0.4, 0.5) is 5.69 Å². The average Bonchev–Trinajstić information content (AvgIpc) is 2.38. The molecule has 1 aromatic heterocycles. The molecule has 3 nitrogen and oxygen atoms in total. The van der Waals surface area contributed by atoms with Crippen LogP contribution in [0.2, 0.25) is 0 Å². The first-order chi connectivity index (χ1) is 8.25. The molecule has 17 heavy (non-hydrogen) atoms. The van der Waals surface area contributed by atoms with Gasteiger partial charge >= 0.3 is 0 Å². The maximum atomic E-state index is 5.81. The highest BCUT2D eigenvalue weighted by molar-refractivity contribution is 5.41. The van der Waals surface area contributed by atoms with Gasteiger partial charge in [0.15, 0.2) is 0 Å². The normalized spacial score (nSPS) is 12.1. The number of hydrogen-bond donors (Lipinski definition) is 2. The molecular weight excluding hydrogens is 210 g/mol. The number of nitrogens with two attached hydrogens (primary N) is 1. The number of nitrogens with zero attached hydrogens (tertiary/aromatic N) is 1. The summed E-state index contributed by atoms with van der Waals surface area (Å²) in [6.45, 7) is 2.80. The summed E-state index contributed by atoms with van der Waals surface area (Å²) in [6, 6.07) is 12.4. The van der Waals surface area contributed by atoms with E-state index in [2.05, 4.69) is 34.6 Å². The highest BCUT2D eigenvalue weighted by Crippen LogP contribution is 2.12. The second-order valence-corrected chi connectivity index (χ2v) is 4.12. The molecule has 0 spiro atoms. The molecule has 0 saturated heterocycles. The summed E-state index contributed by atoms with van der Waals surface area (Å²) in [4.78, 5) is 3.98. The van der Waals surface area contributed by atoms with Gasteiger partial charge < -0.3 is 11.1 Å². The first kappa shape index (κ1) is 11.6. The monoisotopic (exact) mass is 227 g/mol. The van der Waals surface area contributed by atoms with Crippen LogP contribution in [0.5, 0.6) is 0 Å². The van der Waals surface area contributed by atoms with Crippen LogP contribution in [0.15, 0.2) is 48.8 Å². The molecule has 1 atom stereocenters. The first-order valence-corrected chi connectivity index (χ1v) is 5.74. The molecule has 2 aromatic rings. The molecule has 0 aliphatic carbocycles. The number of aromatic nitrogens is 1. The zero-order valence-electron chi connectivity index (χ0n) is 9.93. The Kier molecular flexibility index (Phi) is 3.73. The molecule has 0 amide bonds. The summed E-state index contributed by atoms with van der Waals surface area (Å²) in [7, 11) is 0. The quantitative estimate of drug-likeness (QED) is 0.844. The SMILES string of the molecule is C[C@@H](N)c1ccc(CNc2ccncc2)cc1. The lowest BCUT2D eigenvalue weighted by Gasteiger charge is -2.08. The smallest absolute Gasteiger partial charge is 0.0400 e. The summed E-state index contributed by atoms with van der Waals surface area (Å²) in [5.74, 6) is 0. The van der Waals surface area contributed by atoms with Gasteiger partial charge in [-0.05, 0) is 30.2 Å². The van der Waals surface area contributed by atoms with Crippen LogP contribution in [0.3, 0.4) is 0 Å². The molecule has 0 unspecified atom stereocenters. The van der Waals surface area contributed by atoms with E-state index in [4.69, 9.17) is 5.73 Å². The Hall–Kier alpha value is -1.87. The van der Waals surface area contributed by atoms with Crippen molar-refractivity contribution in [2.75, 3.05) is 5.32 Å². The first-order valence-electron chi connectivity index (χ1n) is 5.74. The fraction of sp³-hybridized carbons (Fsp3) is 0.214. The molecular formula is C14H17N3. The molecule has 1 aromatic carbocycles. The van der Waals surface area contributed by atoms with Gasteiger partial charge in [0, 0.05) is 30.7 Å². The van der Waals surface area contributed by atoms with Gasteiger partial charge in [0.1, 0.15) is 0 Å². The van der Waals surface area contributed by atoms with Crippen LogP contribution in [-0.2, 0) is 6.54 Å². The van der Waals surface area contributed by atoms with E-state index in [9.17, 15) is 0 Å². The Morgan fingerprint density at radius 2 is 1.76 bits per heavy atom. The minimum Gasteiger partial charge on any atom is -0.381 e. The predicted molar refractivity (Wildman–Crippen MR) is 70.6 cm³/mol. The molecule has 2 rings (SSSR count). The van der Waals surface area contributed by atoms with Crippen LogP contribution in [0, 0.1) is 0 Å². The highest BCUT2D eigenvalue weighted by atomic mass is 14.9. The second kappa shape index (κ2) is 5.46. The van der Waals surface area contributed by atoms with E-state index in [0.717, 1.165) is 17.8 Å². The Balaban J connectivity index is 1.96. The second-order valence-electron chi connectivity index (χ2n) is 4.12. The van der Waals surface area contributed by atoms with Gasteiger partial charge in [-0.1, -0.05) is 24.3 Å². The van der Waals surface area contributed by atoms with Crippen LogP contribution >= 0.6 is 0 Å². The third-order valence-corrected chi connectivity index (χ3v) is 2.68. The van der Waals surface area contributed by atoms with Crippen molar-refractivity contribution in [3.63, 3.8) is 0 Å². The molecule has 0 radical (unpaired) electrons. The molecule has 1 heterocycles. The fourth-order valence-corrected chi connectivity index (χ4v) is 1.61. The van der Waals surface area contributed by atoms with Crippen molar-refractivity contribution in [3.8, 4) is 0 Å². The minimum atomic E-state index is 0.0946. The lowest BCUT2D eigenvalue weighted by Crippen LogP contribution is -2.05. The summed E-state index contributed by atoms with van der Waals surface area (Å²) < 4.78 is 0. The summed E-state index contributed by atoms with van der Waals surface area (Å²) >= 11 is 0. The number of benzene rings is 1. The maximum Gasteiger partial charge on any atom is 0.0400 e. The van der Waals surface area contributed by atoms with E-state index in [-0.39, 0.29) is 6.04 Å². The van der Waals surface area contributed by atoms with Crippen molar-refractivity contribution in [3.05, 3.63) is 59.9 Å². The van der Waals surface area contributed by atoms with Crippen molar-refractivity contribution in [1.82, 2.24) is 4.98 Å². The van der Waals surface area contributed by atoms with Crippen LogP contribution < -0.4 is 11.1 Å². The standard InChI is InChI=1S/C14H17N3/c1-11(15)13-4-2-12(3-5-13)10-17-14-6-8-16-9-7-14/h2-9,11H,10,15H2,1H3,(H,16,17)/t11-/m1/s1. The minimum absolute atomic E-state index is 0.0946. The lowest BCUT2D eigenvalue weighted by atomic mass is 10.1. The largest absolute Gasteiger partial charge is 0.381 e. The number of nitrogens with one attached hydrogen (secondary N) is 1. The number of anilines is 1. The Morgan fingerprint density at radius 1 is 1.12 bits per heavy atom. The summed E-state index contributed by atoms with van der Waals surface area (Å²) in [5, 5.41) is 3.34. The third-order valence-electron chi connectivity index (χ3n) is 2.68. The van der Waals surface area contributed by atoms with Gasteiger partial charge in [-0.3, -0.25) is 4.98 Å². The lowest BCUT2D eigenvalue weighted by molar-refractivity contribution is 0.817. The predicted octanol–water partition coefficient (Wildman–Crippen LogP) is 2.71. The Morgan fingerprint density at radius 3 is 2.35 bits per heavy atom. The van der Waals surface area contributed by atoms with E-state index in [1.165, 1.54) is 5.56 Å². The number of hydrogen-bond acceptors (Lipinski definition) is 3. The molecule has 3 heteroatoms.